The SMILES string of the molecule is CN(Cc1cnc(C#N)c2c1CN=C2)C(=O)c1ccc(-c2ccccc2)c(OC2CC2)c1. The van der Waals surface area contributed by atoms with Crippen molar-refractivity contribution < 1.29 is 9.53 Å². The number of amides is 1. The van der Waals surface area contributed by atoms with Crippen molar-refractivity contribution >= 4 is 12.1 Å². The summed E-state index contributed by atoms with van der Waals surface area (Å²) in [5.74, 6) is 0.648. The Bertz CT molecular complexity index is 1260. The number of pyridine rings is 1. The number of benzene rings is 2. The zero-order valence-corrected chi connectivity index (χ0v) is 17.8. The van der Waals surface area contributed by atoms with Gasteiger partial charge >= 0.3 is 0 Å². The minimum atomic E-state index is -0.0951. The number of fused-ring (bicyclic) bond motifs is 1. The Balaban J connectivity index is 1.41. The first-order chi connectivity index (χ1) is 15.6. The second-order valence-electron chi connectivity index (χ2n) is 8.16. The van der Waals surface area contributed by atoms with Gasteiger partial charge in [-0.2, -0.15) is 5.26 Å². The summed E-state index contributed by atoms with van der Waals surface area (Å²) in [5.41, 5.74) is 5.64. The second-order valence-corrected chi connectivity index (χ2v) is 8.16. The van der Waals surface area contributed by atoms with Gasteiger partial charge in [-0.25, -0.2) is 4.98 Å². The fourth-order valence-electron chi connectivity index (χ4n) is 3.91. The minimum absolute atomic E-state index is 0.0951. The minimum Gasteiger partial charge on any atom is -0.490 e. The van der Waals surface area contributed by atoms with E-state index in [0.29, 0.717) is 24.3 Å². The molecule has 158 valence electrons. The molecular formula is C26H22N4O2. The number of nitrogens with zero attached hydrogens (tertiary/aromatic N) is 4. The van der Waals surface area contributed by atoms with Crippen LogP contribution in [0.15, 0.2) is 59.7 Å². The van der Waals surface area contributed by atoms with Crippen LogP contribution < -0.4 is 4.74 Å². The first-order valence-electron chi connectivity index (χ1n) is 10.7. The molecule has 1 aromatic heterocycles. The lowest BCUT2D eigenvalue weighted by atomic mass is 10.0. The molecule has 0 atom stereocenters. The summed E-state index contributed by atoms with van der Waals surface area (Å²) in [6.07, 6.45) is 5.69. The number of ether oxygens (including phenoxy) is 1. The number of hydrogen-bond donors (Lipinski definition) is 0. The van der Waals surface area contributed by atoms with E-state index < -0.39 is 0 Å². The van der Waals surface area contributed by atoms with Crippen molar-refractivity contribution in [3.05, 3.63) is 82.7 Å². The fourth-order valence-corrected chi connectivity index (χ4v) is 3.91. The Hall–Kier alpha value is -3.98. The molecule has 3 aromatic rings. The van der Waals surface area contributed by atoms with Gasteiger partial charge in [0.15, 0.2) is 0 Å². The standard InChI is InChI=1S/C26H22N4O2/c1-30(16-19-13-29-24(12-27)23-15-28-14-22(19)23)26(31)18-7-10-21(17-5-3-2-4-6-17)25(11-18)32-20-8-9-20/h2-7,10-11,13,15,20H,8-9,14,16H2,1H3. The summed E-state index contributed by atoms with van der Waals surface area (Å²) in [5, 5.41) is 9.26. The molecule has 1 aliphatic heterocycles. The van der Waals surface area contributed by atoms with E-state index in [4.69, 9.17) is 4.74 Å². The lowest BCUT2D eigenvalue weighted by Crippen LogP contribution is -2.27. The summed E-state index contributed by atoms with van der Waals surface area (Å²) < 4.78 is 6.16. The number of aromatic nitrogens is 1. The average Bonchev–Trinajstić information content (AvgIpc) is 3.50. The molecular weight excluding hydrogens is 400 g/mol. The van der Waals surface area contributed by atoms with Gasteiger partial charge in [-0.3, -0.25) is 9.79 Å². The van der Waals surface area contributed by atoms with Gasteiger partial charge in [-0.05, 0) is 47.7 Å². The molecule has 32 heavy (non-hydrogen) atoms. The van der Waals surface area contributed by atoms with Crippen LogP contribution in [-0.4, -0.2) is 35.2 Å². The Morgan fingerprint density at radius 1 is 1.22 bits per heavy atom. The zero-order valence-electron chi connectivity index (χ0n) is 17.8. The monoisotopic (exact) mass is 422 g/mol. The fraction of sp³-hybridized carbons (Fsp3) is 0.231. The Morgan fingerprint density at radius 3 is 2.78 bits per heavy atom. The molecule has 2 aliphatic rings. The molecule has 6 nitrogen and oxygen atoms in total. The number of carbonyl (C=O) groups excluding carboxylic acids is 1. The summed E-state index contributed by atoms with van der Waals surface area (Å²) in [7, 11) is 1.77. The summed E-state index contributed by atoms with van der Waals surface area (Å²) in [6.45, 7) is 0.900. The van der Waals surface area contributed by atoms with Crippen molar-refractivity contribution in [1.82, 2.24) is 9.88 Å². The van der Waals surface area contributed by atoms with Crippen LogP contribution in [-0.2, 0) is 13.1 Å². The molecule has 0 radical (unpaired) electrons. The third-order valence-corrected chi connectivity index (χ3v) is 5.78. The van der Waals surface area contributed by atoms with Crippen LogP contribution in [0.1, 0.15) is 45.6 Å². The molecule has 0 saturated heterocycles. The van der Waals surface area contributed by atoms with Crippen LogP contribution >= 0.6 is 0 Å². The number of hydrogen-bond acceptors (Lipinski definition) is 5. The van der Waals surface area contributed by atoms with Crippen molar-refractivity contribution in [3.8, 4) is 22.9 Å². The van der Waals surface area contributed by atoms with E-state index in [-0.39, 0.29) is 12.0 Å². The number of rotatable bonds is 6. The van der Waals surface area contributed by atoms with Crippen LogP contribution in [0.4, 0.5) is 0 Å². The van der Waals surface area contributed by atoms with Gasteiger partial charge in [0, 0.05) is 42.7 Å². The summed E-state index contributed by atoms with van der Waals surface area (Å²) in [6, 6.07) is 17.8. The third kappa shape index (κ3) is 3.85. The topological polar surface area (TPSA) is 78.6 Å². The van der Waals surface area contributed by atoms with Gasteiger partial charge in [0.1, 0.15) is 17.5 Å². The van der Waals surface area contributed by atoms with Gasteiger partial charge in [0.2, 0.25) is 0 Å². The van der Waals surface area contributed by atoms with E-state index in [1.54, 1.807) is 24.4 Å². The number of carbonyl (C=O) groups is 1. The van der Waals surface area contributed by atoms with Gasteiger partial charge in [0.05, 0.1) is 12.6 Å². The lowest BCUT2D eigenvalue weighted by Gasteiger charge is -2.20. The molecule has 0 spiro atoms. The predicted molar refractivity (Wildman–Crippen MR) is 122 cm³/mol. The van der Waals surface area contributed by atoms with Crippen LogP contribution in [0.3, 0.4) is 0 Å². The Labute approximate surface area is 186 Å². The molecule has 6 heteroatoms. The van der Waals surface area contributed by atoms with Gasteiger partial charge < -0.3 is 9.64 Å². The Kier molecular flexibility index (Phi) is 5.16. The van der Waals surface area contributed by atoms with E-state index in [1.165, 1.54) is 0 Å². The van der Waals surface area contributed by atoms with Crippen LogP contribution in [0.5, 0.6) is 5.75 Å². The molecule has 2 heterocycles. The zero-order chi connectivity index (χ0) is 22.1. The highest BCUT2D eigenvalue weighted by Crippen LogP contribution is 2.36. The van der Waals surface area contributed by atoms with Crippen molar-refractivity contribution in [2.75, 3.05) is 7.05 Å². The molecule has 0 bridgehead atoms. The van der Waals surface area contributed by atoms with Gasteiger partial charge in [-0.1, -0.05) is 30.3 Å². The lowest BCUT2D eigenvalue weighted by molar-refractivity contribution is 0.0784. The Morgan fingerprint density at radius 2 is 2.03 bits per heavy atom. The predicted octanol–water partition coefficient (Wildman–Crippen LogP) is 4.37. The molecule has 0 N–H and O–H groups in total. The summed E-state index contributed by atoms with van der Waals surface area (Å²) in [4.78, 5) is 23.4. The maximum atomic E-state index is 13.2. The van der Waals surface area contributed by atoms with Crippen molar-refractivity contribution in [2.45, 2.75) is 32.0 Å². The van der Waals surface area contributed by atoms with Crippen molar-refractivity contribution in [1.29, 1.82) is 5.26 Å². The molecule has 1 saturated carbocycles. The highest BCUT2D eigenvalue weighted by atomic mass is 16.5. The van der Waals surface area contributed by atoms with E-state index in [0.717, 1.165) is 46.4 Å². The normalized spacial score (nSPS) is 14.0. The first kappa shape index (κ1) is 20.0. The quantitative estimate of drug-likeness (QED) is 0.591. The average molecular weight is 422 g/mol. The molecule has 2 aromatic carbocycles. The highest BCUT2D eigenvalue weighted by Gasteiger charge is 2.26. The second kappa shape index (κ2) is 8.27. The summed E-state index contributed by atoms with van der Waals surface area (Å²) >= 11 is 0. The smallest absolute Gasteiger partial charge is 0.254 e. The van der Waals surface area contributed by atoms with Crippen LogP contribution in [0, 0.1) is 11.3 Å². The maximum Gasteiger partial charge on any atom is 0.254 e. The molecule has 5 rings (SSSR count). The highest BCUT2D eigenvalue weighted by molar-refractivity contribution is 5.95. The molecule has 0 unspecified atom stereocenters. The van der Waals surface area contributed by atoms with Crippen molar-refractivity contribution in [3.63, 3.8) is 0 Å². The van der Waals surface area contributed by atoms with E-state index >= 15 is 0 Å². The molecule has 1 amide bonds. The van der Waals surface area contributed by atoms with E-state index in [9.17, 15) is 10.1 Å². The third-order valence-electron chi connectivity index (χ3n) is 5.78. The van der Waals surface area contributed by atoms with E-state index in [1.807, 2.05) is 48.5 Å². The largest absolute Gasteiger partial charge is 0.490 e. The van der Waals surface area contributed by atoms with Crippen LogP contribution in [0.2, 0.25) is 0 Å². The number of nitriles is 1. The van der Waals surface area contributed by atoms with E-state index in [2.05, 4.69) is 16.0 Å². The first-order valence-corrected chi connectivity index (χ1v) is 10.7. The number of aliphatic imine (C=N–C) groups is 1. The molecule has 1 aliphatic carbocycles. The van der Waals surface area contributed by atoms with Gasteiger partial charge in [-0.15, -0.1) is 0 Å². The van der Waals surface area contributed by atoms with Gasteiger partial charge in [0.25, 0.3) is 5.91 Å². The molecule has 1 fully saturated rings. The van der Waals surface area contributed by atoms with Crippen molar-refractivity contribution in [2.24, 2.45) is 4.99 Å². The maximum absolute atomic E-state index is 13.2. The van der Waals surface area contributed by atoms with Crippen LogP contribution in [0.25, 0.3) is 11.1 Å².